The largest absolute Gasteiger partial charge is 0.331 e. The van der Waals surface area contributed by atoms with E-state index in [4.69, 9.17) is 0 Å². The van der Waals surface area contributed by atoms with E-state index in [-0.39, 0.29) is 24.7 Å². The van der Waals surface area contributed by atoms with Crippen LogP contribution in [0.1, 0.15) is 63.3 Å². The Morgan fingerprint density at radius 2 is 1.89 bits per heavy atom. The van der Waals surface area contributed by atoms with Crippen molar-refractivity contribution >= 4 is 28.3 Å². The summed E-state index contributed by atoms with van der Waals surface area (Å²) in [4.78, 5) is 28.1. The first-order valence-electron chi connectivity index (χ1n) is 10.4. The zero-order valence-electron chi connectivity index (χ0n) is 16.3. The van der Waals surface area contributed by atoms with Gasteiger partial charge in [-0.15, -0.1) is 10.2 Å². The maximum Gasteiger partial charge on any atom is 0.226 e. The SMILES string of the molecule is CCCc1nnc(NC(=O)CCC(=O)N2CC[NH+](C3CCCCC3)CC2)s1. The van der Waals surface area contributed by atoms with Gasteiger partial charge in [0.15, 0.2) is 0 Å². The molecule has 7 nitrogen and oxygen atoms in total. The van der Waals surface area contributed by atoms with E-state index in [1.165, 1.54) is 43.4 Å². The van der Waals surface area contributed by atoms with Crippen LogP contribution in [0.5, 0.6) is 0 Å². The Morgan fingerprint density at radius 1 is 1.15 bits per heavy atom. The van der Waals surface area contributed by atoms with Gasteiger partial charge in [0.25, 0.3) is 0 Å². The molecule has 0 unspecified atom stereocenters. The van der Waals surface area contributed by atoms with Crippen molar-refractivity contribution in [1.82, 2.24) is 15.1 Å². The lowest BCUT2D eigenvalue weighted by Crippen LogP contribution is -3.18. The summed E-state index contributed by atoms with van der Waals surface area (Å²) >= 11 is 1.41. The van der Waals surface area contributed by atoms with Crippen LogP contribution in [0, 0.1) is 0 Å². The molecule has 3 rings (SSSR count). The molecule has 2 heterocycles. The molecule has 150 valence electrons. The minimum absolute atomic E-state index is 0.0942. The highest BCUT2D eigenvalue weighted by molar-refractivity contribution is 7.15. The molecule has 0 bridgehead atoms. The summed E-state index contributed by atoms with van der Waals surface area (Å²) in [6, 6.07) is 0.797. The van der Waals surface area contributed by atoms with Crippen molar-refractivity contribution < 1.29 is 14.5 Å². The summed E-state index contributed by atoms with van der Waals surface area (Å²) in [5.74, 6) is -0.0641. The molecule has 0 atom stereocenters. The zero-order chi connectivity index (χ0) is 19.1. The van der Waals surface area contributed by atoms with Gasteiger partial charge in [0.2, 0.25) is 16.9 Å². The lowest BCUT2D eigenvalue weighted by molar-refractivity contribution is -0.930. The molecule has 2 aliphatic rings. The van der Waals surface area contributed by atoms with Gasteiger partial charge in [-0.05, 0) is 32.1 Å². The zero-order valence-corrected chi connectivity index (χ0v) is 17.2. The average Bonchev–Trinajstić information content (AvgIpc) is 3.14. The number of aryl methyl sites for hydroxylation is 1. The fourth-order valence-corrected chi connectivity index (χ4v) is 5.00. The Bertz CT molecular complexity index is 621. The van der Waals surface area contributed by atoms with Crippen LogP contribution >= 0.6 is 11.3 Å². The van der Waals surface area contributed by atoms with Crippen LogP contribution in [0.15, 0.2) is 0 Å². The first kappa shape index (κ1) is 20.2. The van der Waals surface area contributed by atoms with E-state index in [9.17, 15) is 9.59 Å². The van der Waals surface area contributed by atoms with Crippen LogP contribution in [-0.2, 0) is 16.0 Å². The number of aromatic nitrogens is 2. The van der Waals surface area contributed by atoms with Crippen molar-refractivity contribution in [2.45, 2.75) is 70.8 Å². The highest BCUT2D eigenvalue weighted by Crippen LogP contribution is 2.17. The summed E-state index contributed by atoms with van der Waals surface area (Å²) < 4.78 is 0. The summed E-state index contributed by atoms with van der Waals surface area (Å²) in [5, 5.41) is 12.3. The van der Waals surface area contributed by atoms with Gasteiger partial charge in [0.1, 0.15) is 5.01 Å². The third-order valence-corrected chi connectivity index (χ3v) is 6.58. The molecular weight excluding hydrogens is 362 g/mol. The summed E-state index contributed by atoms with van der Waals surface area (Å²) in [6.45, 7) is 5.83. The fourth-order valence-electron chi connectivity index (χ4n) is 4.14. The molecule has 2 fully saturated rings. The lowest BCUT2D eigenvalue weighted by Gasteiger charge is -2.38. The maximum atomic E-state index is 12.4. The van der Waals surface area contributed by atoms with Crippen LogP contribution in [0.4, 0.5) is 5.13 Å². The monoisotopic (exact) mass is 394 g/mol. The molecule has 1 aliphatic heterocycles. The second-order valence-electron chi connectivity index (χ2n) is 7.67. The summed E-state index contributed by atoms with van der Waals surface area (Å²) in [5.41, 5.74) is 0. The van der Waals surface area contributed by atoms with E-state index in [2.05, 4.69) is 22.4 Å². The van der Waals surface area contributed by atoms with Gasteiger partial charge in [-0.2, -0.15) is 0 Å². The molecule has 1 aromatic rings. The van der Waals surface area contributed by atoms with Gasteiger partial charge >= 0.3 is 0 Å². The van der Waals surface area contributed by atoms with Gasteiger partial charge in [-0.1, -0.05) is 24.7 Å². The van der Waals surface area contributed by atoms with Crippen LogP contribution in [0.2, 0.25) is 0 Å². The van der Waals surface area contributed by atoms with Crippen molar-refractivity contribution in [3.05, 3.63) is 5.01 Å². The third kappa shape index (κ3) is 5.97. The number of nitrogens with one attached hydrogen (secondary N) is 2. The number of piperazine rings is 1. The van der Waals surface area contributed by atoms with Crippen molar-refractivity contribution in [3.8, 4) is 0 Å². The molecule has 2 N–H and O–H groups in total. The number of nitrogens with zero attached hydrogens (tertiary/aromatic N) is 3. The predicted molar refractivity (Wildman–Crippen MR) is 106 cm³/mol. The van der Waals surface area contributed by atoms with E-state index in [1.807, 2.05) is 4.90 Å². The molecular formula is C19H32N5O2S+. The van der Waals surface area contributed by atoms with Crippen LogP contribution in [0.25, 0.3) is 0 Å². The molecule has 0 aromatic carbocycles. The molecule has 1 aromatic heterocycles. The smallest absolute Gasteiger partial charge is 0.226 e. The Morgan fingerprint density at radius 3 is 2.59 bits per heavy atom. The number of rotatable bonds is 7. The molecule has 2 amide bonds. The minimum Gasteiger partial charge on any atom is -0.331 e. The van der Waals surface area contributed by atoms with Crippen molar-refractivity contribution in [3.63, 3.8) is 0 Å². The van der Waals surface area contributed by atoms with Gasteiger partial charge in [-0.25, -0.2) is 0 Å². The van der Waals surface area contributed by atoms with Gasteiger partial charge in [0, 0.05) is 19.3 Å². The Balaban J connectivity index is 1.35. The van der Waals surface area contributed by atoms with Crippen LogP contribution in [0.3, 0.4) is 0 Å². The Kier molecular flexibility index (Phi) is 7.58. The van der Waals surface area contributed by atoms with Crippen molar-refractivity contribution in [2.24, 2.45) is 0 Å². The van der Waals surface area contributed by atoms with Gasteiger partial charge in [-0.3, -0.25) is 9.59 Å². The summed E-state index contributed by atoms with van der Waals surface area (Å²) in [6.07, 6.45) is 9.15. The molecule has 8 heteroatoms. The summed E-state index contributed by atoms with van der Waals surface area (Å²) in [7, 11) is 0. The second-order valence-corrected chi connectivity index (χ2v) is 8.74. The average molecular weight is 395 g/mol. The van der Waals surface area contributed by atoms with E-state index >= 15 is 0 Å². The quantitative estimate of drug-likeness (QED) is 0.730. The number of carbonyl (C=O) groups is 2. The number of amides is 2. The Hall–Kier alpha value is -1.54. The van der Waals surface area contributed by atoms with E-state index in [0.29, 0.717) is 5.13 Å². The predicted octanol–water partition coefficient (Wildman–Crippen LogP) is 1.27. The number of hydrogen-bond donors (Lipinski definition) is 2. The third-order valence-electron chi connectivity index (χ3n) is 5.68. The molecule has 1 aliphatic carbocycles. The standard InChI is InChI=1S/C19H31N5O2S/c1-2-6-17-21-22-19(27-17)20-16(25)9-10-18(26)24-13-11-23(12-14-24)15-7-4-3-5-8-15/h15H,2-14H2,1H3,(H,20,22,25)/p+1. The van der Waals surface area contributed by atoms with Gasteiger partial charge in [0.05, 0.1) is 32.2 Å². The van der Waals surface area contributed by atoms with Gasteiger partial charge < -0.3 is 15.1 Å². The number of hydrogen-bond acceptors (Lipinski definition) is 5. The minimum atomic E-state index is -0.158. The molecule has 0 radical (unpaired) electrons. The number of quaternary nitrogens is 1. The second kappa shape index (κ2) is 10.1. The van der Waals surface area contributed by atoms with E-state index < -0.39 is 0 Å². The van der Waals surface area contributed by atoms with Crippen molar-refractivity contribution in [1.29, 1.82) is 0 Å². The number of carbonyl (C=O) groups excluding carboxylic acids is 2. The maximum absolute atomic E-state index is 12.4. The molecule has 1 saturated heterocycles. The molecule has 27 heavy (non-hydrogen) atoms. The molecule has 0 spiro atoms. The number of anilines is 1. The van der Waals surface area contributed by atoms with E-state index in [1.54, 1.807) is 4.90 Å². The topological polar surface area (TPSA) is 79.6 Å². The molecule has 1 saturated carbocycles. The normalized spacial score (nSPS) is 19.2. The first-order chi connectivity index (χ1) is 13.2. The van der Waals surface area contributed by atoms with Crippen LogP contribution < -0.4 is 10.2 Å². The highest BCUT2D eigenvalue weighted by Gasteiger charge is 2.30. The first-order valence-corrected chi connectivity index (χ1v) is 11.2. The fraction of sp³-hybridized carbons (Fsp3) is 0.789. The van der Waals surface area contributed by atoms with E-state index in [0.717, 1.165) is 50.1 Å². The lowest BCUT2D eigenvalue weighted by atomic mass is 9.94. The highest BCUT2D eigenvalue weighted by atomic mass is 32.1. The van der Waals surface area contributed by atoms with Crippen molar-refractivity contribution in [2.75, 3.05) is 31.5 Å². The van der Waals surface area contributed by atoms with Crippen LogP contribution in [-0.4, -0.2) is 59.1 Å². The Labute approximate surface area is 165 Å².